The monoisotopic (exact) mass is 229 g/mol. The second-order valence-electron chi connectivity index (χ2n) is 4.26. The molecule has 1 nitrogen and oxygen atoms in total. The number of benzene rings is 1. The van der Waals surface area contributed by atoms with E-state index in [-0.39, 0.29) is 0 Å². The van der Waals surface area contributed by atoms with E-state index in [9.17, 15) is 13.2 Å². The van der Waals surface area contributed by atoms with Gasteiger partial charge in [-0.2, -0.15) is 13.2 Å². The highest BCUT2D eigenvalue weighted by molar-refractivity contribution is 5.26. The molecular weight excluding hydrogens is 215 g/mol. The van der Waals surface area contributed by atoms with Gasteiger partial charge in [0.05, 0.1) is 5.56 Å². The van der Waals surface area contributed by atoms with E-state index in [0.717, 1.165) is 37.6 Å². The maximum atomic E-state index is 12.5. The molecule has 0 saturated carbocycles. The molecule has 4 heteroatoms. The number of rotatable bonds is 2. The van der Waals surface area contributed by atoms with Gasteiger partial charge in [0.1, 0.15) is 0 Å². The summed E-state index contributed by atoms with van der Waals surface area (Å²) < 4.78 is 37.4. The van der Waals surface area contributed by atoms with Crippen molar-refractivity contribution in [3.8, 4) is 0 Å². The van der Waals surface area contributed by atoms with Crippen molar-refractivity contribution in [2.45, 2.75) is 19.0 Å². The van der Waals surface area contributed by atoms with E-state index in [4.69, 9.17) is 0 Å². The lowest BCUT2D eigenvalue weighted by Gasteiger charge is -2.11. The summed E-state index contributed by atoms with van der Waals surface area (Å²) in [5.41, 5.74) is 0.236. The Labute approximate surface area is 92.7 Å². The van der Waals surface area contributed by atoms with Crippen molar-refractivity contribution in [3.05, 3.63) is 35.4 Å². The molecule has 0 amide bonds. The Morgan fingerprint density at radius 2 is 2.12 bits per heavy atom. The molecule has 0 spiro atoms. The summed E-state index contributed by atoms with van der Waals surface area (Å²) in [5, 5.41) is 3.22. The normalized spacial score (nSPS) is 21.3. The van der Waals surface area contributed by atoms with Crippen molar-refractivity contribution < 1.29 is 13.2 Å². The molecule has 1 N–H and O–H groups in total. The summed E-state index contributed by atoms with van der Waals surface area (Å²) in [6.45, 7) is 1.89. The molecule has 0 unspecified atom stereocenters. The van der Waals surface area contributed by atoms with Gasteiger partial charge in [0.15, 0.2) is 0 Å². The lowest BCUT2D eigenvalue weighted by atomic mass is 9.97. The number of halogens is 3. The van der Waals surface area contributed by atoms with Crippen LogP contribution in [-0.4, -0.2) is 13.1 Å². The Morgan fingerprint density at radius 1 is 1.31 bits per heavy atom. The minimum Gasteiger partial charge on any atom is -0.316 e. The first-order chi connectivity index (χ1) is 7.55. The van der Waals surface area contributed by atoms with Crippen LogP contribution in [0, 0.1) is 5.92 Å². The van der Waals surface area contributed by atoms with Gasteiger partial charge in [0.25, 0.3) is 0 Å². The first-order valence-electron chi connectivity index (χ1n) is 5.42. The first-order valence-corrected chi connectivity index (χ1v) is 5.42. The molecule has 1 saturated heterocycles. The van der Waals surface area contributed by atoms with Crippen molar-refractivity contribution in [1.29, 1.82) is 0 Å². The van der Waals surface area contributed by atoms with Crippen molar-refractivity contribution in [1.82, 2.24) is 5.32 Å². The van der Waals surface area contributed by atoms with E-state index >= 15 is 0 Å². The SMILES string of the molecule is FC(F)(F)c1cccc(C[C@H]2CCNC2)c1. The van der Waals surface area contributed by atoms with Crippen LogP contribution in [0.4, 0.5) is 13.2 Å². The topological polar surface area (TPSA) is 12.0 Å². The Balaban J connectivity index is 2.09. The summed E-state index contributed by atoms with van der Waals surface area (Å²) >= 11 is 0. The molecule has 0 aliphatic carbocycles. The van der Waals surface area contributed by atoms with E-state index < -0.39 is 11.7 Å². The van der Waals surface area contributed by atoms with Crippen LogP contribution in [0.1, 0.15) is 17.5 Å². The zero-order valence-corrected chi connectivity index (χ0v) is 8.85. The third kappa shape index (κ3) is 2.76. The number of nitrogens with one attached hydrogen (secondary N) is 1. The molecule has 88 valence electrons. The summed E-state index contributed by atoms with van der Waals surface area (Å²) in [7, 11) is 0. The van der Waals surface area contributed by atoms with Gasteiger partial charge < -0.3 is 5.32 Å². The fourth-order valence-corrected chi connectivity index (χ4v) is 2.10. The van der Waals surface area contributed by atoms with E-state index in [2.05, 4.69) is 5.32 Å². The summed E-state index contributed by atoms with van der Waals surface area (Å²) in [6.07, 6.45) is -2.45. The van der Waals surface area contributed by atoms with E-state index in [0.29, 0.717) is 5.92 Å². The summed E-state index contributed by atoms with van der Waals surface area (Å²) in [4.78, 5) is 0. The van der Waals surface area contributed by atoms with Gasteiger partial charge in [-0.1, -0.05) is 18.2 Å². The highest BCUT2D eigenvalue weighted by Crippen LogP contribution is 2.30. The molecule has 0 bridgehead atoms. The predicted molar refractivity (Wildman–Crippen MR) is 56.1 cm³/mol. The van der Waals surface area contributed by atoms with Crippen LogP contribution in [0.15, 0.2) is 24.3 Å². The number of hydrogen-bond donors (Lipinski definition) is 1. The van der Waals surface area contributed by atoms with Crippen LogP contribution >= 0.6 is 0 Å². The van der Waals surface area contributed by atoms with Crippen molar-refractivity contribution in [2.24, 2.45) is 5.92 Å². The van der Waals surface area contributed by atoms with Gasteiger partial charge in [-0.15, -0.1) is 0 Å². The van der Waals surface area contributed by atoms with Crippen molar-refractivity contribution >= 4 is 0 Å². The van der Waals surface area contributed by atoms with Gasteiger partial charge in [-0.3, -0.25) is 0 Å². The standard InChI is InChI=1S/C12H14F3N/c13-12(14,15)11-3-1-2-9(7-11)6-10-4-5-16-8-10/h1-3,7,10,16H,4-6,8H2/t10-/m1/s1. The van der Waals surface area contributed by atoms with E-state index in [1.807, 2.05) is 0 Å². The fraction of sp³-hybridized carbons (Fsp3) is 0.500. The molecule has 1 aromatic carbocycles. The third-order valence-corrected chi connectivity index (χ3v) is 2.94. The fourth-order valence-electron chi connectivity index (χ4n) is 2.10. The molecule has 1 fully saturated rings. The van der Waals surface area contributed by atoms with Gasteiger partial charge in [0.2, 0.25) is 0 Å². The zero-order valence-electron chi connectivity index (χ0n) is 8.85. The van der Waals surface area contributed by atoms with Crippen molar-refractivity contribution in [2.75, 3.05) is 13.1 Å². The average Bonchev–Trinajstić information content (AvgIpc) is 2.70. The molecule has 2 rings (SSSR count). The number of hydrogen-bond acceptors (Lipinski definition) is 1. The van der Waals surface area contributed by atoms with Crippen LogP contribution in [0.25, 0.3) is 0 Å². The Hall–Kier alpha value is -1.03. The molecule has 16 heavy (non-hydrogen) atoms. The third-order valence-electron chi connectivity index (χ3n) is 2.94. The van der Waals surface area contributed by atoms with Crippen LogP contribution in [0.3, 0.4) is 0 Å². The second-order valence-corrected chi connectivity index (χ2v) is 4.26. The van der Waals surface area contributed by atoms with E-state index in [1.165, 1.54) is 12.1 Å². The average molecular weight is 229 g/mol. The van der Waals surface area contributed by atoms with Crippen LogP contribution in [0.2, 0.25) is 0 Å². The first kappa shape index (κ1) is 11.5. The highest BCUT2D eigenvalue weighted by Gasteiger charge is 2.30. The van der Waals surface area contributed by atoms with Crippen molar-refractivity contribution in [3.63, 3.8) is 0 Å². The minimum atomic E-state index is -4.23. The quantitative estimate of drug-likeness (QED) is 0.822. The van der Waals surface area contributed by atoms with Gasteiger partial charge >= 0.3 is 6.18 Å². The smallest absolute Gasteiger partial charge is 0.316 e. The maximum absolute atomic E-state index is 12.5. The number of alkyl halides is 3. The van der Waals surface area contributed by atoms with Gasteiger partial charge in [-0.05, 0) is 43.5 Å². The Kier molecular flexibility index (Phi) is 3.19. The molecule has 1 heterocycles. The van der Waals surface area contributed by atoms with Gasteiger partial charge in [0, 0.05) is 0 Å². The predicted octanol–water partition coefficient (Wildman–Crippen LogP) is 2.86. The van der Waals surface area contributed by atoms with Crippen LogP contribution in [-0.2, 0) is 12.6 Å². The Bertz CT molecular complexity index is 354. The minimum absolute atomic E-state index is 0.475. The molecule has 1 aromatic rings. The lowest BCUT2D eigenvalue weighted by molar-refractivity contribution is -0.137. The summed E-state index contributed by atoms with van der Waals surface area (Å²) in [6, 6.07) is 5.64. The lowest BCUT2D eigenvalue weighted by Crippen LogP contribution is -2.11. The highest BCUT2D eigenvalue weighted by atomic mass is 19.4. The zero-order chi connectivity index (χ0) is 11.6. The van der Waals surface area contributed by atoms with Crippen LogP contribution in [0.5, 0.6) is 0 Å². The molecule has 1 aliphatic rings. The second kappa shape index (κ2) is 4.45. The maximum Gasteiger partial charge on any atom is 0.416 e. The Morgan fingerprint density at radius 3 is 2.75 bits per heavy atom. The summed E-state index contributed by atoms with van der Waals surface area (Å²) in [5.74, 6) is 0.475. The molecule has 1 aliphatic heterocycles. The molecule has 0 radical (unpaired) electrons. The molecule has 1 atom stereocenters. The van der Waals surface area contributed by atoms with Crippen LogP contribution < -0.4 is 5.32 Å². The molecular formula is C12H14F3N. The largest absolute Gasteiger partial charge is 0.416 e. The van der Waals surface area contributed by atoms with Gasteiger partial charge in [-0.25, -0.2) is 0 Å². The molecule has 0 aromatic heterocycles. The van der Waals surface area contributed by atoms with E-state index in [1.54, 1.807) is 6.07 Å².